The molecule has 0 amide bonds. The molecule has 1 atom stereocenters. The van der Waals surface area contributed by atoms with Gasteiger partial charge in [0.15, 0.2) is 0 Å². The summed E-state index contributed by atoms with van der Waals surface area (Å²) in [5.41, 5.74) is 1.33. The Morgan fingerprint density at radius 3 is 2.35 bits per heavy atom. The standard InChI is InChI=1S/C25H28F3NOS/c1-19(23-12-8-10-20-9-4-5-11-24(20)23)29-17-6-2-3-7-18-31-22-15-13-21(14-16-22)30-25(26,27)28/h4-5,8-16,19,29H,2-3,6-7,17-18H2,1H3/t19-/m1/s1. The number of hydrogen-bond acceptors (Lipinski definition) is 3. The molecule has 0 aliphatic heterocycles. The van der Waals surface area contributed by atoms with Crippen molar-refractivity contribution in [2.75, 3.05) is 12.3 Å². The van der Waals surface area contributed by atoms with Gasteiger partial charge in [0.25, 0.3) is 0 Å². The van der Waals surface area contributed by atoms with E-state index in [0.29, 0.717) is 6.04 Å². The summed E-state index contributed by atoms with van der Waals surface area (Å²) in [5, 5.41) is 6.21. The van der Waals surface area contributed by atoms with E-state index in [1.54, 1.807) is 23.9 Å². The van der Waals surface area contributed by atoms with E-state index < -0.39 is 6.36 Å². The van der Waals surface area contributed by atoms with Gasteiger partial charge < -0.3 is 10.1 Å². The summed E-state index contributed by atoms with van der Waals surface area (Å²) in [6.07, 6.45) is -0.120. The number of unbranched alkanes of at least 4 members (excludes halogenated alkanes) is 3. The fraction of sp³-hybridized carbons (Fsp3) is 0.360. The summed E-state index contributed by atoms with van der Waals surface area (Å²) in [5.74, 6) is 0.779. The minimum Gasteiger partial charge on any atom is -0.406 e. The van der Waals surface area contributed by atoms with E-state index >= 15 is 0 Å². The molecule has 3 rings (SSSR count). The molecule has 0 bridgehead atoms. The van der Waals surface area contributed by atoms with Crippen LogP contribution in [0.15, 0.2) is 71.6 Å². The highest BCUT2D eigenvalue weighted by molar-refractivity contribution is 7.99. The van der Waals surface area contributed by atoms with E-state index in [-0.39, 0.29) is 5.75 Å². The van der Waals surface area contributed by atoms with E-state index in [0.717, 1.165) is 42.9 Å². The number of halogens is 3. The molecule has 0 spiro atoms. The van der Waals surface area contributed by atoms with Crippen LogP contribution < -0.4 is 10.1 Å². The lowest BCUT2D eigenvalue weighted by atomic mass is 9.99. The summed E-state index contributed by atoms with van der Waals surface area (Å²) in [6, 6.07) is 21.3. The maximum Gasteiger partial charge on any atom is 0.573 e. The molecule has 6 heteroatoms. The molecule has 0 aliphatic rings. The summed E-state index contributed by atoms with van der Waals surface area (Å²) in [7, 11) is 0. The van der Waals surface area contributed by atoms with Gasteiger partial charge in [0.2, 0.25) is 0 Å². The third-order valence-electron chi connectivity index (χ3n) is 5.14. The van der Waals surface area contributed by atoms with E-state index in [2.05, 4.69) is 59.4 Å². The van der Waals surface area contributed by atoms with E-state index in [9.17, 15) is 13.2 Å². The Morgan fingerprint density at radius 2 is 1.58 bits per heavy atom. The Labute approximate surface area is 186 Å². The summed E-state index contributed by atoms with van der Waals surface area (Å²) in [4.78, 5) is 0.958. The minimum atomic E-state index is -4.64. The molecule has 0 aliphatic carbocycles. The van der Waals surface area contributed by atoms with Crippen LogP contribution in [0.5, 0.6) is 5.75 Å². The lowest BCUT2D eigenvalue weighted by Crippen LogP contribution is -2.20. The van der Waals surface area contributed by atoms with Crippen LogP contribution in [0.4, 0.5) is 13.2 Å². The maximum atomic E-state index is 12.2. The molecule has 0 saturated heterocycles. The van der Waals surface area contributed by atoms with Gasteiger partial charge in [0, 0.05) is 10.9 Å². The quantitative estimate of drug-likeness (QED) is 0.240. The first kappa shape index (κ1) is 23.5. The van der Waals surface area contributed by atoms with E-state index in [1.165, 1.54) is 28.5 Å². The smallest absolute Gasteiger partial charge is 0.406 e. The van der Waals surface area contributed by atoms with E-state index in [1.807, 2.05) is 0 Å². The molecular weight excluding hydrogens is 419 g/mol. The van der Waals surface area contributed by atoms with Gasteiger partial charge in [-0.25, -0.2) is 0 Å². The predicted molar refractivity (Wildman–Crippen MR) is 123 cm³/mol. The van der Waals surface area contributed by atoms with Gasteiger partial charge in [-0.1, -0.05) is 55.3 Å². The zero-order chi connectivity index (χ0) is 22.1. The number of nitrogens with one attached hydrogen (secondary N) is 1. The minimum absolute atomic E-state index is 0.179. The van der Waals surface area contributed by atoms with Crippen molar-refractivity contribution in [2.45, 2.75) is 49.9 Å². The van der Waals surface area contributed by atoms with Crippen LogP contribution in [-0.4, -0.2) is 18.7 Å². The summed E-state index contributed by atoms with van der Waals surface area (Å²) >= 11 is 1.66. The average Bonchev–Trinajstić information content (AvgIpc) is 2.75. The molecule has 3 aromatic rings. The van der Waals surface area contributed by atoms with Crippen molar-refractivity contribution in [2.24, 2.45) is 0 Å². The van der Waals surface area contributed by atoms with Gasteiger partial charge >= 0.3 is 6.36 Å². The molecule has 0 radical (unpaired) electrons. The molecule has 0 heterocycles. The number of fused-ring (bicyclic) bond motifs is 1. The highest BCUT2D eigenvalue weighted by Crippen LogP contribution is 2.27. The second-order valence-corrected chi connectivity index (χ2v) is 8.69. The van der Waals surface area contributed by atoms with Gasteiger partial charge in [-0.2, -0.15) is 0 Å². The first-order chi connectivity index (χ1) is 14.9. The Kier molecular flexibility index (Phi) is 8.67. The fourth-order valence-corrected chi connectivity index (χ4v) is 4.48. The summed E-state index contributed by atoms with van der Waals surface area (Å²) < 4.78 is 40.4. The van der Waals surface area contributed by atoms with Gasteiger partial charge in [-0.3, -0.25) is 0 Å². The molecule has 2 nitrogen and oxygen atoms in total. The molecule has 0 fully saturated rings. The van der Waals surface area contributed by atoms with Crippen LogP contribution in [0.1, 0.15) is 44.2 Å². The number of benzene rings is 3. The molecule has 0 aromatic heterocycles. The van der Waals surface area contributed by atoms with Crippen LogP contribution >= 0.6 is 11.8 Å². The zero-order valence-corrected chi connectivity index (χ0v) is 18.4. The van der Waals surface area contributed by atoms with Crippen LogP contribution in [0, 0.1) is 0 Å². The van der Waals surface area contributed by atoms with Gasteiger partial charge in [0.05, 0.1) is 0 Å². The average molecular weight is 448 g/mol. The molecule has 1 N–H and O–H groups in total. The maximum absolute atomic E-state index is 12.2. The topological polar surface area (TPSA) is 21.3 Å². The van der Waals surface area contributed by atoms with Crippen molar-refractivity contribution in [3.05, 3.63) is 72.3 Å². The molecule has 0 unspecified atom stereocenters. The number of thioether (sulfide) groups is 1. The van der Waals surface area contributed by atoms with Crippen LogP contribution in [0.2, 0.25) is 0 Å². The lowest BCUT2D eigenvalue weighted by molar-refractivity contribution is -0.274. The number of ether oxygens (including phenoxy) is 1. The summed E-state index contributed by atoms with van der Waals surface area (Å²) in [6.45, 7) is 3.20. The normalized spacial score (nSPS) is 12.8. The van der Waals surface area contributed by atoms with Crippen LogP contribution in [-0.2, 0) is 0 Å². The number of alkyl halides is 3. The van der Waals surface area contributed by atoms with Crippen molar-refractivity contribution >= 4 is 22.5 Å². The highest BCUT2D eigenvalue weighted by atomic mass is 32.2. The molecule has 31 heavy (non-hydrogen) atoms. The van der Waals surface area contributed by atoms with Gasteiger partial charge in [-0.05, 0) is 72.7 Å². The Bertz CT molecular complexity index is 938. The number of hydrogen-bond donors (Lipinski definition) is 1. The van der Waals surface area contributed by atoms with Gasteiger partial charge in [-0.15, -0.1) is 24.9 Å². The Balaban J connectivity index is 1.29. The Morgan fingerprint density at radius 1 is 0.871 bits per heavy atom. The molecule has 166 valence electrons. The second-order valence-electron chi connectivity index (χ2n) is 7.53. The predicted octanol–water partition coefficient (Wildman–Crippen LogP) is 7.74. The third kappa shape index (κ3) is 7.78. The molecule has 0 saturated carbocycles. The zero-order valence-electron chi connectivity index (χ0n) is 17.6. The SMILES string of the molecule is C[C@@H](NCCCCCCSc1ccc(OC(F)(F)F)cc1)c1cccc2ccccc12. The second kappa shape index (κ2) is 11.4. The van der Waals surface area contributed by atoms with Crippen LogP contribution in [0.25, 0.3) is 10.8 Å². The van der Waals surface area contributed by atoms with Crippen LogP contribution in [0.3, 0.4) is 0 Å². The molecule has 3 aromatic carbocycles. The lowest BCUT2D eigenvalue weighted by Gasteiger charge is -2.16. The van der Waals surface area contributed by atoms with Crippen molar-refractivity contribution in [1.82, 2.24) is 5.32 Å². The van der Waals surface area contributed by atoms with Crippen molar-refractivity contribution in [3.63, 3.8) is 0 Å². The first-order valence-corrected chi connectivity index (χ1v) is 11.6. The number of rotatable bonds is 11. The highest BCUT2D eigenvalue weighted by Gasteiger charge is 2.30. The van der Waals surface area contributed by atoms with E-state index in [4.69, 9.17) is 0 Å². The van der Waals surface area contributed by atoms with Crippen molar-refractivity contribution in [3.8, 4) is 5.75 Å². The fourth-order valence-electron chi connectivity index (χ4n) is 3.56. The molecular formula is C25H28F3NOS. The van der Waals surface area contributed by atoms with Crippen molar-refractivity contribution < 1.29 is 17.9 Å². The first-order valence-electron chi connectivity index (χ1n) is 10.6. The van der Waals surface area contributed by atoms with Gasteiger partial charge in [0.1, 0.15) is 5.75 Å². The Hall–Kier alpha value is -2.18. The largest absolute Gasteiger partial charge is 0.573 e. The monoisotopic (exact) mass is 447 g/mol. The third-order valence-corrected chi connectivity index (χ3v) is 6.24. The van der Waals surface area contributed by atoms with Crippen molar-refractivity contribution in [1.29, 1.82) is 0 Å².